The van der Waals surface area contributed by atoms with Crippen LogP contribution in [0.1, 0.15) is 49.2 Å². The highest BCUT2D eigenvalue weighted by Crippen LogP contribution is 2.29. The van der Waals surface area contributed by atoms with E-state index in [1.165, 1.54) is 0 Å². The van der Waals surface area contributed by atoms with Crippen LogP contribution in [0, 0.1) is 6.92 Å². The smallest absolute Gasteiger partial charge is 0.327 e. The fourth-order valence-corrected chi connectivity index (χ4v) is 3.45. The first-order chi connectivity index (χ1) is 16.1. The predicted molar refractivity (Wildman–Crippen MR) is 136 cm³/mol. The van der Waals surface area contributed by atoms with Crippen LogP contribution in [-0.4, -0.2) is 23.5 Å². The van der Waals surface area contributed by atoms with Crippen molar-refractivity contribution >= 4 is 23.3 Å². The average Bonchev–Trinajstić information content (AvgIpc) is 2.80. The Bertz CT molecular complexity index is 1240. The minimum Gasteiger partial charge on any atom is -0.327 e. The second kappa shape index (κ2) is 10.4. The number of rotatable bonds is 6. The summed E-state index contributed by atoms with van der Waals surface area (Å²) in [4.78, 5) is 39.6. The van der Waals surface area contributed by atoms with Gasteiger partial charge in [0.1, 0.15) is 5.69 Å². The van der Waals surface area contributed by atoms with Crippen molar-refractivity contribution in [3.63, 3.8) is 0 Å². The van der Waals surface area contributed by atoms with Gasteiger partial charge in [0.05, 0.1) is 0 Å². The summed E-state index contributed by atoms with van der Waals surface area (Å²) in [5.41, 5.74) is 9.54. The quantitative estimate of drug-likeness (QED) is 0.347. The van der Waals surface area contributed by atoms with E-state index in [1.807, 2.05) is 56.3 Å². The molecule has 0 atom stereocenters. The second-order valence-electron chi connectivity index (χ2n) is 9.00. The van der Waals surface area contributed by atoms with E-state index in [-0.39, 0.29) is 17.0 Å². The zero-order chi connectivity index (χ0) is 24.9. The molecule has 8 heteroatoms. The van der Waals surface area contributed by atoms with Gasteiger partial charge in [-0.2, -0.15) is 0 Å². The summed E-state index contributed by atoms with van der Waals surface area (Å²) < 4.78 is 0. The molecular formula is C26H31N5O3. The molecule has 0 bridgehead atoms. The van der Waals surface area contributed by atoms with Crippen LogP contribution in [0.5, 0.6) is 0 Å². The number of aromatic amines is 1. The molecule has 1 aromatic heterocycles. The first-order valence-electron chi connectivity index (χ1n) is 11.1. The van der Waals surface area contributed by atoms with Gasteiger partial charge in [0.25, 0.3) is 11.5 Å². The van der Waals surface area contributed by atoms with Crippen LogP contribution in [0.25, 0.3) is 11.1 Å². The number of hydrazine groups is 1. The van der Waals surface area contributed by atoms with Crippen molar-refractivity contribution in [3.05, 3.63) is 81.8 Å². The zero-order valence-electron chi connectivity index (χ0n) is 20.1. The Morgan fingerprint density at radius 3 is 2.32 bits per heavy atom. The van der Waals surface area contributed by atoms with E-state index >= 15 is 0 Å². The summed E-state index contributed by atoms with van der Waals surface area (Å²) in [5.74, 6) is -0.204. The zero-order valence-corrected chi connectivity index (χ0v) is 20.1. The molecule has 34 heavy (non-hydrogen) atoms. The number of aromatic nitrogens is 1. The van der Waals surface area contributed by atoms with E-state index in [1.54, 1.807) is 12.3 Å². The maximum Gasteiger partial charge on any atom is 0.333 e. The van der Waals surface area contributed by atoms with Crippen LogP contribution in [0.4, 0.5) is 16.2 Å². The number of pyridine rings is 1. The summed E-state index contributed by atoms with van der Waals surface area (Å²) in [6.07, 6.45) is 1.58. The number of hydrogen-bond acceptors (Lipinski definition) is 4. The molecule has 0 aliphatic heterocycles. The van der Waals surface area contributed by atoms with E-state index in [0.29, 0.717) is 23.4 Å². The van der Waals surface area contributed by atoms with Crippen molar-refractivity contribution < 1.29 is 9.59 Å². The van der Waals surface area contributed by atoms with Crippen LogP contribution >= 0.6 is 0 Å². The average molecular weight is 462 g/mol. The molecule has 0 unspecified atom stereocenters. The number of carbonyl (C=O) groups is 2. The van der Waals surface area contributed by atoms with Crippen molar-refractivity contribution in [2.75, 3.05) is 17.2 Å². The minimum absolute atomic E-state index is 0.0114. The Hall–Kier alpha value is -3.91. The first kappa shape index (κ1) is 24.7. The number of nitrogens with one attached hydrogen (secondary N) is 5. The normalized spacial score (nSPS) is 11.1. The van der Waals surface area contributed by atoms with E-state index in [4.69, 9.17) is 0 Å². The molecule has 0 aliphatic carbocycles. The molecule has 5 N–H and O–H groups in total. The Morgan fingerprint density at radius 1 is 0.971 bits per heavy atom. The predicted octanol–water partition coefficient (Wildman–Crippen LogP) is 4.55. The second-order valence-corrected chi connectivity index (χ2v) is 9.00. The summed E-state index contributed by atoms with van der Waals surface area (Å²) in [6.45, 7) is 10.7. The Kier molecular flexibility index (Phi) is 7.53. The van der Waals surface area contributed by atoms with Crippen LogP contribution in [-0.2, 0) is 5.41 Å². The maximum atomic E-state index is 12.9. The van der Waals surface area contributed by atoms with Gasteiger partial charge in [-0.3, -0.25) is 15.0 Å². The number of amides is 3. The molecule has 3 aromatic rings. The van der Waals surface area contributed by atoms with Gasteiger partial charge in [0, 0.05) is 29.6 Å². The number of benzene rings is 2. The van der Waals surface area contributed by atoms with Crippen LogP contribution in [0.3, 0.4) is 0 Å². The number of H-pyrrole nitrogens is 1. The van der Waals surface area contributed by atoms with Gasteiger partial charge in [-0.25, -0.2) is 10.2 Å². The molecule has 8 nitrogen and oxygen atoms in total. The molecule has 3 rings (SSSR count). The fourth-order valence-electron chi connectivity index (χ4n) is 3.45. The lowest BCUT2D eigenvalue weighted by Gasteiger charge is -2.19. The van der Waals surface area contributed by atoms with Gasteiger partial charge in [0.15, 0.2) is 0 Å². The third-order valence-corrected chi connectivity index (χ3v) is 5.44. The van der Waals surface area contributed by atoms with Gasteiger partial charge in [-0.15, -0.1) is 0 Å². The van der Waals surface area contributed by atoms with E-state index in [2.05, 4.69) is 47.2 Å². The Balaban J connectivity index is 1.83. The Morgan fingerprint density at radius 2 is 1.68 bits per heavy atom. The lowest BCUT2D eigenvalue weighted by molar-refractivity contribution is 0.102. The van der Waals surface area contributed by atoms with Crippen molar-refractivity contribution in [1.29, 1.82) is 0 Å². The molecule has 0 aliphatic rings. The fraction of sp³-hybridized carbons (Fsp3) is 0.269. The monoisotopic (exact) mass is 461 g/mol. The minimum atomic E-state index is -0.542. The lowest BCUT2D eigenvalue weighted by Crippen LogP contribution is -2.40. The molecule has 0 saturated carbocycles. The van der Waals surface area contributed by atoms with Gasteiger partial charge in [-0.05, 0) is 53.3 Å². The molecule has 178 valence electrons. The van der Waals surface area contributed by atoms with Crippen molar-refractivity contribution in [2.24, 2.45) is 0 Å². The third kappa shape index (κ3) is 5.90. The lowest BCUT2D eigenvalue weighted by atomic mass is 9.86. The van der Waals surface area contributed by atoms with Crippen LogP contribution in [0.15, 0.2) is 59.5 Å². The van der Waals surface area contributed by atoms with Gasteiger partial charge in [-0.1, -0.05) is 52.0 Å². The highest BCUT2D eigenvalue weighted by Gasteiger charge is 2.16. The number of urea groups is 1. The van der Waals surface area contributed by atoms with Crippen molar-refractivity contribution in [1.82, 2.24) is 15.8 Å². The van der Waals surface area contributed by atoms with Crippen LogP contribution in [0.2, 0.25) is 0 Å². The maximum absolute atomic E-state index is 12.9. The highest BCUT2D eigenvalue weighted by atomic mass is 16.2. The van der Waals surface area contributed by atoms with Gasteiger partial charge < -0.3 is 15.6 Å². The van der Waals surface area contributed by atoms with Gasteiger partial charge >= 0.3 is 6.03 Å². The molecule has 3 amide bonds. The summed E-state index contributed by atoms with van der Waals surface area (Å²) in [5, 5.41) is 5.51. The highest BCUT2D eigenvalue weighted by molar-refractivity contribution is 6.05. The van der Waals surface area contributed by atoms with Crippen molar-refractivity contribution in [2.45, 2.75) is 40.0 Å². The topological polar surface area (TPSA) is 115 Å². The summed E-state index contributed by atoms with van der Waals surface area (Å²) in [7, 11) is 0. The first-order valence-corrected chi connectivity index (χ1v) is 11.1. The molecule has 2 aromatic carbocycles. The van der Waals surface area contributed by atoms with E-state index in [0.717, 1.165) is 16.7 Å². The SMILES string of the molecule is CCNNC(=O)Nc1cc(-c2cccc(NC(=O)c3ccc(C(C)(C)C)cc3)c2C)c[nH]c1=O. The number of hydrogen-bond donors (Lipinski definition) is 5. The molecule has 0 saturated heterocycles. The van der Waals surface area contributed by atoms with Crippen molar-refractivity contribution in [3.8, 4) is 11.1 Å². The third-order valence-electron chi connectivity index (χ3n) is 5.44. The van der Waals surface area contributed by atoms with Crippen LogP contribution < -0.4 is 27.0 Å². The number of carbonyl (C=O) groups excluding carboxylic acids is 2. The van der Waals surface area contributed by atoms with E-state index in [9.17, 15) is 14.4 Å². The number of anilines is 2. The van der Waals surface area contributed by atoms with E-state index < -0.39 is 11.6 Å². The Labute approximate surface area is 199 Å². The molecule has 0 fully saturated rings. The largest absolute Gasteiger partial charge is 0.333 e. The summed E-state index contributed by atoms with van der Waals surface area (Å²) in [6, 6.07) is 14.2. The molecule has 0 spiro atoms. The molecular weight excluding hydrogens is 430 g/mol. The molecule has 1 heterocycles. The summed E-state index contributed by atoms with van der Waals surface area (Å²) >= 11 is 0. The van der Waals surface area contributed by atoms with Gasteiger partial charge in [0.2, 0.25) is 0 Å². The standard InChI is InChI=1S/C26H31N5O3/c1-6-28-31-25(34)30-22-14-18(15-27-24(22)33)20-8-7-9-21(16(20)2)29-23(32)17-10-12-19(13-11-17)26(3,4)5/h7-15,28H,6H2,1-5H3,(H,27,33)(H,29,32)(H2,30,31,34). The molecule has 0 radical (unpaired) electrons.